The van der Waals surface area contributed by atoms with Gasteiger partial charge in [0.15, 0.2) is 0 Å². The molecule has 0 radical (unpaired) electrons. The Balaban J connectivity index is 1.90. The highest BCUT2D eigenvalue weighted by atomic mass is 32.1. The van der Waals surface area contributed by atoms with Crippen molar-refractivity contribution in [1.29, 1.82) is 0 Å². The van der Waals surface area contributed by atoms with E-state index in [1.807, 2.05) is 4.90 Å². The van der Waals surface area contributed by atoms with Crippen molar-refractivity contribution in [3.8, 4) is 0 Å². The smallest absolute Gasteiger partial charge is 0.346 e. The lowest BCUT2D eigenvalue weighted by Gasteiger charge is -2.32. The maximum absolute atomic E-state index is 12.6. The highest BCUT2D eigenvalue weighted by molar-refractivity contribution is 7.15. The minimum absolute atomic E-state index is 0.385. The van der Waals surface area contributed by atoms with Gasteiger partial charge >= 0.3 is 6.18 Å². The third kappa shape index (κ3) is 4.81. The number of alkyl halides is 3. The second-order valence-corrected chi connectivity index (χ2v) is 6.85. The van der Waals surface area contributed by atoms with Crippen molar-refractivity contribution in [3.63, 3.8) is 0 Å². The molecule has 1 aromatic heterocycles. The van der Waals surface area contributed by atoms with Crippen molar-refractivity contribution in [2.24, 2.45) is 11.8 Å². The number of rotatable bonds is 5. The number of nitrogens with one attached hydrogen (secondary N) is 1. The number of hydrogen-bond acceptors (Lipinski definition) is 5. The first-order valence-electron chi connectivity index (χ1n) is 7.22. The summed E-state index contributed by atoms with van der Waals surface area (Å²) >= 11 is 0.635. The predicted octanol–water partition coefficient (Wildman–Crippen LogP) is 3.02. The fraction of sp³-hybridized carbons (Fsp3) is 0.846. The maximum atomic E-state index is 12.6. The standard InChI is InChI=1S/C13H21F3N4S/c1-9(2)6-17-7-10-4-3-5-20(8-10)12-19-18-11(21-12)13(14,15)16/h9-10,17H,3-8H2,1-2H3. The molecule has 1 unspecified atom stereocenters. The molecule has 0 saturated carbocycles. The lowest BCUT2D eigenvalue weighted by atomic mass is 9.98. The Morgan fingerprint density at radius 1 is 1.38 bits per heavy atom. The van der Waals surface area contributed by atoms with Gasteiger partial charge in [0.2, 0.25) is 10.1 Å². The summed E-state index contributed by atoms with van der Waals surface area (Å²) in [6.07, 6.45) is -2.31. The molecule has 1 atom stereocenters. The van der Waals surface area contributed by atoms with Gasteiger partial charge in [0.25, 0.3) is 0 Å². The van der Waals surface area contributed by atoms with E-state index in [1.165, 1.54) is 0 Å². The molecular formula is C13H21F3N4S. The first-order valence-corrected chi connectivity index (χ1v) is 8.04. The molecule has 0 amide bonds. The Labute approximate surface area is 126 Å². The fourth-order valence-electron chi connectivity index (χ4n) is 2.44. The van der Waals surface area contributed by atoms with Crippen LogP contribution in [0, 0.1) is 11.8 Å². The van der Waals surface area contributed by atoms with E-state index < -0.39 is 11.2 Å². The summed E-state index contributed by atoms with van der Waals surface area (Å²) in [7, 11) is 0. The van der Waals surface area contributed by atoms with Crippen molar-refractivity contribution in [2.45, 2.75) is 32.9 Å². The normalized spacial score (nSPS) is 20.3. The van der Waals surface area contributed by atoms with Gasteiger partial charge in [-0.05, 0) is 37.8 Å². The number of nitrogens with zero attached hydrogens (tertiary/aromatic N) is 3. The first kappa shape index (κ1) is 16.5. The zero-order chi connectivity index (χ0) is 15.5. The van der Waals surface area contributed by atoms with Crippen LogP contribution in [-0.4, -0.2) is 36.4 Å². The summed E-state index contributed by atoms with van der Waals surface area (Å²) in [6.45, 7) is 7.68. The monoisotopic (exact) mass is 322 g/mol. The van der Waals surface area contributed by atoms with Gasteiger partial charge in [-0.15, -0.1) is 10.2 Å². The van der Waals surface area contributed by atoms with Crippen LogP contribution in [0.15, 0.2) is 0 Å². The third-order valence-electron chi connectivity index (χ3n) is 3.43. The number of halogens is 3. The summed E-state index contributed by atoms with van der Waals surface area (Å²) in [4.78, 5) is 1.93. The molecular weight excluding hydrogens is 301 g/mol. The molecule has 0 aliphatic carbocycles. The third-order valence-corrected chi connectivity index (χ3v) is 4.46. The molecule has 1 fully saturated rings. The molecule has 4 nitrogen and oxygen atoms in total. The van der Waals surface area contributed by atoms with E-state index in [0.717, 1.165) is 39.0 Å². The summed E-state index contributed by atoms with van der Waals surface area (Å²) in [5, 5.41) is 9.90. The second-order valence-electron chi connectivity index (χ2n) is 5.89. The van der Waals surface area contributed by atoms with E-state index in [0.29, 0.717) is 28.3 Å². The lowest BCUT2D eigenvalue weighted by molar-refractivity contribution is -0.138. The van der Waals surface area contributed by atoms with E-state index in [1.54, 1.807) is 0 Å². The molecule has 1 aromatic rings. The van der Waals surface area contributed by atoms with Gasteiger partial charge in [-0.1, -0.05) is 25.2 Å². The van der Waals surface area contributed by atoms with Crippen LogP contribution in [-0.2, 0) is 6.18 Å². The first-order chi connectivity index (χ1) is 9.86. The minimum Gasteiger partial charge on any atom is -0.346 e. The van der Waals surface area contributed by atoms with Gasteiger partial charge in [0.05, 0.1) is 0 Å². The number of anilines is 1. The number of piperidine rings is 1. The molecule has 1 aliphatic rings. The van der Waals surface area contributed by atoms with Crippen molar-refractivity contribution in [2.75, 3.05) is 31.1 Å². The summed E-state index contributed by atoms with van der Waals surface area (Å²) < 4.78 is 37.7. The molecule has 0 aromatic carbocycles. The molecule has 1 aliphatic heterocycles. The molecule has 1 N–H and O–H groups in total. The average molecular weight is 322 g/mol. The van der Waals surface area contributed by atoms with Crippen LogP contribution >= 0.6 is 11.3 Å². The largest absolute Gasteiger partial charge is 0.445 e. The van der Waals surface area contributed by atoms with Crippen molar-refractivity contribution < 1.29 is 13.2 Å². The van der Waals surface area contributed by atoms with E-state index >= 15 is 0 Å². The zero-order valence-corrected chi connectivity index (χ0v) is 13.1. The Morgan fingerprint density at radius 3 is 2.76 bits per heavy atom. The van der Waals surface area contributed by atoms with Crippen LogP contribution in [0.4, 0.5) is 18.3 Å². The number of aromatic nitrogens is 2. The molecule has 0 bridgehead atoms. The Morgan fingerprint density at radius 2 is 2.14 bits per heavy atom. The van der Waals surface area contributed by atoms with Crippen molar-refractivity contribution in [3.05, 3.63) is 5.01 Å². The Hall–Kier alpha value is -0.890. The molecule has 2 heterocycles. The summed E-state index contributed by atoms with van der Waals surface area (Å²) in [5.41, 5.74) is 0. The number of hydrogen-bond donors (Lipinski definition) is 1. The van der Waals surface area contributed by atoms with Crippen LogP contribution in [0.3, 0.4) is 0 Å². The van der Waals surface area contributed by atoms with Gasteiger partial charge in [0, 0.05) is 13.1 Å². The topological polar surface area (TPSA) is 41.0 Å². The molecule has 2 rings (SSSR count). The summed E-state index contributed by atoms with van der Waals surface area (Å²) in [6, 6.07) is 0. The van der Waals surface area contributed by atoms with E-state index in [-0.39, 0.29) is 0 Å². The SMILES string of the molecule is CC(C)CNCC1CCCN(c2nnc(C(F)(F)F)s2)C1. The van der Waals surface area contributed by atoms with Gasteiger partial charge in [0.1, 0.15) is 0 Å². The van der Waals surface area contributed by atoms with Crippen LogP contribution in [0.1, 0.15) is 31.7 Å². The quantitative estimate of drug-likeness (QED) is 0.905. The van der Waals surface area contributed by atoms with E-state index in [2.05, 4.69) is 29.4 Å². The van der Waals surface area contributed by atoms with Crippen LogP contribution < -0.4 is 10.2 Å². The van der Waals surface area contributed by atoms with Gasteiger partial charge < -0.3 is 10.2 Å². The maximum Gasteiger partial charge on any atom is 0.445 e. The molecule has 1 saturated heterocycles. The second kappa shape index (κ2) is 6.91. The Kier molecular flexibility index (Phi) is 5.43. The highest BCUT2D eigenvalue weighted by Gasteiger charge is 2.36. The lowest BCUT2D eigenvalue weighted by Crippen LogP contribution is -2.40. The van der Waals surface area contributed by atoms with Crippen LogP contribution in [0.5, 0.6) is 0 Å². The summed E-state index contributed by atoms with van der Waals surface area (Å²) in [5.74, 6) is 1.05. The highest BCUT2D eigenvalue weighted by Crippen LogP contribution is 2.35. The van der Waals surface area contributed by atoms with E-state index in [4.69, 9.17) is 0 Å². The van der Waals surface area contributed by atoms with Gasteiger partial charge in [-0.25, -0.2) is 0 Å². The van der Waals surface area contributed by atoms with E-state index in [9.17, 15) is 13.2 Å². The van der Waals surface area contributed by atoms with Gasteiger partial charge in [-0.2, -0.15) is 13.2 Å². The zero-order valence-electron chi connectivity index (χ0n) is 12.3. The van der Waals surface area contributed by atoms with Crippen LogP contribution in [0.25, 0.3) is 0 Å². The van der Waals surface area contributed by atoms with Crippen molar-refractivity contribution >= 4 is 16.5 Å². The van der Waals surface area contributed by atoms with Gasteiger partial charge in [-0.3, -0.25) is 0 Å². The predicted molar refractivity (Wildman–Crippen MR) is 77.6 cm³/mol. The molecule has 120 valence electrons. The van der Waals surface area contributed by atoms with Crippen molar-refractivity contribution in [1.82, 2.24) is 15.5 Å². The molecule has 8 heteroatoms. The minimum atomic E-state index is -4.40. The average Bonchev–Trinajstić information content (AvgIpc) is 2.88. The molecule has 0 spiro atoms. The fourth-order valence-corrected chi connectivity index (χ4v) is 3.19. The Bertz CT molecular complexity index is 447. The van der Waals surface area contributed by atoms with Crippen LogP contribution in [0.2, 0.25) is 0 Å². The molecule has 21 heavy (non-hydrogen) atoms.